The van der Waals surface area contributed by atoms with Crippen LogP contribution in [0.1, 0.15) is 31.5 Å². The number of hydrogen-bond donors (Lipinski definition) is 2. The van der Waals surface area contributed by atoms with Crippen LogP contribution in [0.5, 0.6) is 0 Å². The van der Waals surface area contributed by atoms with Crippen molar-refractivity contribution >= 4 is 11.0 Å². The third-order valence-corrected chi connectivity index (χ3v) is 4.61. The molecule has 3 heterocycles. The highest BCUT2D eigenvalue weighted by atomic mass is 19.1. The second kappa shape index (κ2) is 4.52. The zero-order valence-electron chi connectivity index (χ0n) is 11.1. The van der Waals surface area contributed by atoms with Gasteiger partial charge in [-0.25, -0.2) is 13.8 Å². The summed E-state index contributed by atoms with van der Waals surface area (Å²) in [6.45, 7) is 0. The summed E-state index contributed by atoms with van der Waals surface area (Å²) in [5, 5.41) is 3.61. The van der Waals surface area contributed by atoms with E-state index in [9.17, 15) is 8.78 Å². The van der Waals surface area contributed by atoms with Gasteiger partial charge in [0.2, 0.25) is 0 Å². The van der Waals surface area contributed by atoms with Crippen molar-refractivity contribution in [2.24, 2.45) is 5.92 Å². The van der Waals surface area contributed by atoms with Crippen molar-refractivity contribution in [2.75, 3.05) is 0 Å². The molecular formula is C15H17F2N3. The first-order chi connectivity index (χ1) is 9.67. The summed E-state index contributed by atoms with van der Waals surface area (Å²) in [5.41, 5.74) is 0.702. The molecule has 0 amide bonds. The summed E-state index contributed by atoms with van der Waals surface area (Å²) >= 11 is 0. The lowest BCUT2D eigenvalue weighted by Crippen LogP contribution is -2.38. The Labute approximate surface area is 115 Å². The molecule has 106 valence electrons. The van der Waals surface area contributed by atoms with Gasteiger partial charge in [-0.2, -0.15) is 0 Å². The number of fused-ring (bicyclic) bond motifs is 3. The van der Waals surface area contributed by atoms with Gasteiger partial charge >= 0.3 is 0 Å². The first kappa shape index (κ1) is 12.3. The number of piperidine rings is 1. The van der Waals surface area contributed by atoms with Gasteiger partial charge in [-0.1, -0.05) is 0 Å². The summed E-state index contributed by atoms with van der Waals surface area (Å²) in [4.78, 5) is 7.36. The molecule has 2 bridgehead atoms. The van der Waals surface area contributed by atoms with Crippen LogP contribution in [0.4, 0.5) is 8.78 Å². The maximum Gasteiger partial charge on any atom is 0.153 e. The number of rotatable bonds is 2. The molecule has 0 aliphatic carbocycles. The molecule has 2 aliphatic heterocycles. The molecular weight excluding hydrogens is 260 g/mol. The van der Waals surface area contributed by atoms with Crippen LogP contribution in [-0.2, 0) is 6.42 Å². The Morgan fingerprint density at radius 3 is 2.65 bits per heavy atom. The van der Waals surface area contributed by atoms with Gasteiger partial charge in [-0.05, 0) is 37.7 Å². The summed E-state index contributed by atoms with van der Waals surface area (Å²) in [6.07, 6.45) is 5.67. The molecule has 0 spiro atoms. The predicted octanol–water partition coefficient (Wildman–Crippen LogP) is 2.91. The van der Waals surface area contributed by atoms with Crippen LogP contribution in [0, 0.1) is 17.6 Å². The minimum atomic E-state index is -0.590. The average Bonchev–Trinajstić information content (AvgIpc) is 2.93. The van der Waals surface area contributed by atoms with Gasteiger partial charge in [0.1, 0.15) is 17.2 Å². The molecule has 0 saturated carbocycles. The highest BCUT2D eigenvalue weighted by Crippen LogP contribution is 2.32. The second-order valence-electron chi connectivity index (χ2n) is 6.15. The molecule has 1 aromatic carbocycles. The summed E-state index contributed by atoms with van der Waals surface area (Å²) in [6, 6.07) is 3.47. The molecule has 0 radical (unpaired) electrons. The zero-order chi connectivity index (χ0) is 13.7. The molecule has 3 nitrogen and oxygen atoms in total. The van der Waals surface area contributed by atoms with Crippen LogP contribution in [0.2, 0.25) is 0 Å². The van der Waals surface area contributed by atoms with E-state index < -0.39 is 11.6 Å². The zero-order valence-corrected chi connectivity index (χ0v) is 11.1. The lowest BCUT2D eigenvalue weighted by Gasteiger charge is -2.28. The second-order valence-corrected chi connectivity index (χ2v) is 6.15. The smallest absolute Gasteiger partial charge is 0.153 e. The number of H-pyrrole nitrogens is 1. The summed E-state index contributed by atoms with van der Waals surface area (Å²) in [5.74, 6) is 0.205. The maximum absolute atomic E-state index is 13.6. The topological polar surface area (TPSA) is 40.7 Å². The largest absolute Gasteiger partial charge is 0.342 e. The number of nitrogens with one attached hydrogen (secondary N) is 2. The predicted molar refractivity (Wildman–Crippen MR) is 72.4 cm³/mol. The number of benzene rings is 1. The van der Waals surface area contributed by atoms with Crippen molar-refractivity contribution in [3.05, 3.63) is 29.6 Å². The van der Waals surface area contributed by atoms with Crippen molar-refractivity contribution in [1.82, 2.24) is 15.3 Å². The Hall–Kier alpha value is -1.49. The van der Waals surface area contributed by atoms with E-state index in [4.69, 9.17) is 0 Å². The van der Waals surface area contributed by atoms with Crippen LogP contribution in [-0.4, -0.2) is 22.1 Å². The number of aromatic amines is 1. The Morgan fingerprint density at radius 1 is 1.15 bits per heavy atom. The van der Waals surface area contributed by atoms with Crippen molar-refractivity contribution in [3.8, 4) is 0 Å². The van der Waals surface area contributed by atoms with Crippen molar-refractivity contribution in [1.29, 1.82) is 0 Å². The first-order valence-electron chi connectivity index (χ1n) is 7.27. The monoisotopic (exact) mass is 277 g/mol. The van der Waals surface area contributed by atoms with E-state index >= 15 is 0 Å². The van der Waals surface area contributed by atoms with E-state index in [1.807, 2.05) is 0 Å². The number of hydrogen-bond acceptors (Lipinski definition) is 2. The van der Waals surface area contributed by atoms with Gasteiger partial charge in [-0.3, -0.25) is 0 Å². The van der Waals surface area contributed by atoms with Crippen molar-refractivity contribution in [2.45, 2.75) is 44.2 Å². The third kappa shape index (κ3) is 2.10. The maximum atomic E-state index is 13.6. The SMILES string of the molecule is Fc1cc(F)c2nc(CC3CC4CCC(C3)N4)[nH]c2c1. The quantitative estimate of drug-likeness (QED) is 0.886. The number of aromatic nitrogens is 2. The minimum Gasteiger partial charge on any atom is -0.342 e. The van der Waals surface area contributed by atoms with Crippen LogP contribution in [0.25, 0.3) is 11.0 Å². The van der Waals surface area contributed by atoms with E-state index in [2.05, 4.69) is 15.3 Å². The molecule has 2 N–H and O–H groups in total. The fourth-order valence-corrected chi connectivity index (χ4v) is 3.81. The van der Waals surface area contributed by atoms with Crippen LogP contribution in [0.15, 0.2) is 12.1 Å². The van der Waals surface area contributed by atoms with E-state index in [-0.39, 0.29) is 5.52 Å². The minimum absolute atomic E-state index is 0.248. The van der Waals surface area contributed by atoms with Gasteiger partial charge in [0.25, 0.3) is 0 Å². The van der Waals surface area contributed by atoms with Crippen LogP contribution >= 0.6 is 0 Å². The molecule has 1 aromatic heterocycles. The highest BCUT2D eigenvalue weighted by molar-refractivity contribution is 5.75. The van der Waals surface area contributed by atoms with E-state index in [1.165, 1.54) is 18.9 Å². The summed E-state index contributed by atoms with van der Waals surface area (Å²) in [7, 11) is 0. The van der Waals surface area contributed by atoms with Crippen LogP contribution in [0.3, 0.4) is 0 Å². The first-order valence-corrected chi connectivity index (χ1v) is 7.27. The fourth-order valence-electron chi connectivity index (χ4n) is 3.81. The molecule has 2 unspecified atom stereocenters. The highest BCUT2D eigenvalue weighted by Gasteiger charge is 2.33. The van der Waals surface area contributed by atoms with Gasteiger partial charge in [0, 0.05) is 24.6 Å². The van der Waals surface area contributed by atoms with Crippen LogP contribution < -0.4 is 5.32 Å². The standard InChI is InChI=1S/C15H17F2N3/c16-9-6-12(17)15-13(7-9)19-14(20-15)5-8-3-10-1-2-11(4-8)18-10/h6-8,10-11,18H,1-5H2,(H,19,20). The Morgan fingerprint density at radius 2 is 1.90 bits per heavy atom. The Kier molecular flexibility index (Phi) is 2.77. The molecule has 2 fully saturated rings. The van der Waals surface area contributed by atoms with E-state index in [0.29, 0.717) is 23.5 Å². The lowest BCUT2D eigenvalue weighted by molar-refractivity contribution is 0.295. The van der Waals surface area contributed by atoms with E-state index in [0.717, 1.165) is 31.2 Å². The number of nitrogens with zero attached hydrogens (tertiary/aromatic N) is 1. The fraction of sp³-hybridized carbons (Fsp3) is 0.533. The summed E-state index contributed by atoms with van der Waals surface area (Å²) < 4.78 is 26.8. The van der Waals surface area contributed by atoms with Gasteiger partial charge in [-0.15, -0.1) is 0 Å². The molecule has 5 heteroatoms. The molecule has 2 atom stereocenters. The van der Waals surface area contributed by atoms with E-state index in [1.54, 1.807) is 0 Å². The molecule has 2 aliphatic rings. The normalized spacial score (nSPS) is 29.2. The molecule has 4 rings (SSSR count). The molecule has 20 heavy (non-hydrogen) atoms. The van der Waals surface area contributed by atoms with Crippen molar-refractivity contribution < 1.29 is 8.78 Å². The lowest BCUT2D eigenvalue weighted by atomic mass is 9.89. The number of halogens is 2. The Balaban J connectivity index is 1.58. The van der Waals surface area contributed by atoms with Gasteiger partial charge < -0.3 is 10.3 Å². The third-order valence-electron chi connectivity index (χ3n) is 4.61. The molecule has 2 saturated heterocycles. The van der Waals surface area contributed by atoms with Crippen molar-refractivity contribution in [3.63, 3.8) is 0 Å². The average molecular weight is 277 g/mol. The number of imidazole rings is 1. The van der Waals surface area contributed by atoms with Gasteiger partial charge in [0.15, 0.2) is 5.82 Å². The molecule has 2 aromatic rings. The van der Waals surface area contributed by atoms with Gasteiger partial charge in [0.05, 0.1) is 5.52 Å². The Bertz CT molecular complexity index is 640.